The van der Waals surface area contributed by atoms with Gasteiger partial charge in [-0.1, -0.05) is 37.5 Å². The molecule has 2 nitrogen and oxygen atoms in total. The lowest BCUT2D eigenvalue weighted by atomic mass is 9.73. The highest BCUT2D eigenvalue weighted by Crippen LogP contribution is 2.39. The summed E-state index contributed by atoms with van der Waals surface area (Å²) >= 11 is 0. The Hall–Kier alpha value is -1.02. The smallest absolute Gasteiger partial charge is 0.0850 e. The van der Waals surface area contributed by atoms with E-state index in [1.165, 1.54) is 43.4 Å². The molecule has 1 saturated carbocycles. The fraction of sp³-hybridized carbons (Fsp3) is 0.625. The predicted molar refractivity (Wildman–Crippen MR) is 74.8 cm³/mol. The van der Waals surface area contributed by atoms with Crippen molar-refractivity contribution in [3.8, 4) is 0 Å². The molecule has 0 bridgehead atoms. The van der Waals surface area contributed by atoms with Gasteiger partial charge in [-0.3, -0.25) is 0 Å². The highest BCUT2D eigenvalue weighted by molar-refractivity contribution is 5.57. The van der Waals surface area contributed by atoms with E-state index < -0.39 is 5.60 Å². The molecule has 3 rings (SSSR count). The van der Waals surface area contributed by atoms with Crippen molar-refractivity contribution >= 4 is 5.69 Å². The molecule has 2 aliphatic rings. The Balaban J connectivity index is 1.76. The Bertz CT molecular complexity index is 396. The standard InChI is InChI=1S/C16H23NO/c1-16(18,13-8-3-2-4-9-13)15-11-12-7-5-6-10-14(12)17-15/h5-7,10,13,15,17-18H,2-4,8-9,11H2,1H3. The van der Waals surface area contributed by atoms with Crippen molar-refractivity contribution in [2.45, 2.75) is 57.1 Å². The van der Waals surface area contributed by atoms with Gasteiger partial charge in [0.1, 0.15) is 0 Å². The molecule has 1 aromatic rings. The lowest BCUT2D eigenvalue weighted by Gasteiger charge is -2.40. The molecule has 1 heterocycles. The van der Waals surface area contributed by atoms with E-state index in [2.05, 4.69) is 29.6 Å². The van der Waals surface area contributed by atoms with Crippen LogP contribution in [-0.4, -0.2) is 16.7 Å². The lowest BCUT2D eigenvalue weighted by Crippen LogP contribution is -2.49. The quantitative estimate of drug-likeness (QED) is 0.837. The summed E-state index contributed by atoms with van der Waals surface area (Å²) in [5.41, 5.74) is 1.97. The Kier molecular flexibility index (Phi) is 3.06. The Labute approximate surface area is 109 Å². The largest absolute Gasteiger partial charge is 0.388 e. The van der Waals surface area contributed by atoms with Gasteiger partial charge in [0, 0.05) is 5.69 Å². The summed E-state index contributed by atoms with van der Waals surface area (Å²) in [5.74, 6) is 0.457. The number of anilines is 1. The highest BCUT2D eigenvalue weighted by atomic mass is 16.3. The van der Waals surface area contributed by atoms with Crippen molar-refractivity contribution in [1.29, 1.82) is 0 Å². The third kappa shape index (κ3) is 2.03. The normalized spacial score (nSPS) is 27.3. The van der Waals surface area contributed by atoms with Crippen molar-refractivity contribution in [3.63, 3.8) is 0 Å². The van der Waals surface area contributed by atoms with Gasteiger partial charge in [-0.15, -0.1) is 0 Å². The molecule has 1 aromatic carbocycles. The van der Waals surface area contributed by atoms with E-state index in [1.807, 2.05) is 6.92 Å². The van der Waals surface area contributed by atoms with E-state index >= 15 is 0 Å². The fourth-order valence-electron chi connectivity index (χ4n) is 3.62. The maximum absolute atomic E-state index is 10.9. The van der Waals surface area contributed by atoms with Crippen molar-refractivity contribution in [1.82, 2.24) is 0 Å². The Morgan fingerprint density at radius 1 is 1.17 bits per heavy atom. The fourth-order valence-corrected chi connectivity index (χ4v) is 3.62. The second kappa shape index (κ2) is 4.58. The number of para-hydroxylation sites is 1. The molecule has 18 heavy (non-hydrogen) atoms. The van der Waals surface area contributed by atoms with Crippen LogP contribution in [0.1, 0.15) is 44.6 Å². The first-order valence-electron chi connectivity index (χ1n) is 7.25. The molecule has 2 atom stereocenters. The first kappa shape index (κ1) is 12.0. The Morgan fingerprint density at radius 2 is 1.89 bits per heavy atom. The molecule has 2 unspecified atom stereocenters. The summed E-state index contributed by atoms with van der Waals surface area (Å²) in [7, 11) is 0. The predicted octanol–water partition coefficient (Wildman–Crippen LogP) is 3.35. The average Bonchev–Trinajstić information content (AvgIpc) is 2.84. The summed E-state index contributed by atoms with van der Waals surface area (Å²) < 4.78 is 0. The van der Waals surface area contributed by atoms with Gasteiger partial charge < -0.3 is 10.4 Å². The van der Waals surface area contributed by atoms with Gasteiger partial charge in [0.15, 0.2) is 0 Å². The van der Waals surface area contributed by atoms with E-state index in [0.717, 1.165) is 6.42 Å². The van der Waals surface area contributed by atoms with Crippen LogP contribution >= 0.6 is 0 Å². The third-order valence-electron chi connectivity index (χ3n) is 4.91. The molecule has 98 valence electrons. The van der Waals surface area contributed by atoms with Gasteiger partial charge in [-0.25, -0.2) is 0 Å². The first-order valence-corrected chi connectivity index (χ1v) is 7.25. The monoisotopic (exact) mass is 245 g/mol. The molecule has 2 N–H and O–H groups in total. The zero-order valence-electron chi connectivity index (χ0n) is 11.2. The van der Waals surface area contributed by atoms with E-state index in [1.54, 1.807) is 0 Å². The average molecular weight is 245 g/mol. The maximum atomic E-state index is 10.9. The van der Waals surface area contributed by atoms with E-state index in [-0.39, 0.29) is 6.04 Å². The molecule has 0 spiro atoms. The minimum atomic E-state index is -0.584. The van der Waals surface area contributed by atoms with Crippen LogP contribution in [0.25, 0.3) is 0 Å². The van der Waals surface area contributed by atoms with Crippen LogP contribution in [0.15, 0.2) is 24.3 Å². The van der Waals surface area contributed by atoms with Gasteiger partial charge >= 0.3 is 0 Å². The number of hydrogen-bond acceptors (Lipinski definition) is 2. The van der Waals surface area contributed by atoms with Crippen LogP contribution in [0.4, 0.5) is 5.69 Å². The van der Waals surface area contributed by atoms with E-state index in [9.17, 15) is 5.11 Å². The number of fused-ring (bicyclic) bond motifs is 1. The number of benzene rings is 1. The van der Waals surface area contributed by atoms with Crippen molar-refractivity contribution in [2.24, 2.45) is 5.92 Å². The first-order chi connectivity index (χ1) is 8.68. The van der Waals surface area contributed by atoms with Crippen LogP contribution in [0.3, 0.4) is 0 Å². The summed E-state index contributed by atoms with van der Waals surface area (Å²) in [6.07, 6.45) is 7.22. The summed E-state index contributed by atoms with van der Waals surface area (Å²) in [6.45, 7) is 2.03. The number of hydrogen-bond donors (Lipinski definition) is 2. The second-order valence-corrected chi connectivity index (χ2v) is 6.12. The van der Waals surface area contributed by atoms with Crippen molar-refractivity contribution in [2.75, 3.05) is 5.32 Å². The molecular weight excluding hydrogens is 222 g/mol. The summed E-state index contributed by atoms with van der Waals surface area (Å²) in [4.78, 5) is 0. The lowest BCUT2D eigenvalue weighted by molar-refractivity contribution is -0.0307. The Morgan fingerprint density at radius 3 is 2.61 bits per heavy atom. The summed E-state index contributed by atoms with van der Waals surface area (Å²) in [6, 6.07) is 8.60. The van der Waals surface area contributed by atoms with E-state index in [4.69, 9.17) is 0 Å². The molecule has 2 heteroatoms. The zero-order chi connectivity index (χ0) is 12.6. The van der Waals surface area contributed by atoms with Crippen LogP contribution in [0.5, 0.6) is 0 Å². The van der Waals surface area contributed by atoms with Crippen LogP contribution in [-0.2, 0) is 6.42 Å². The van der Waals surface area contributed by atoms with Gasteiger partial charge in [-0.2, -0.15) is 0 Å². The second-order valence-electron chi connectivity index (χ2n) is 6.12. The minimum Gasteiger partial charge on any atom is -0.388 e. The van der Waals surface area contributed by atoms with Crippen LogP contribution < -0.4 is 5.32 Å². The van der Waals surface area contributed by atoms with Gasteiger partial charge in [-0.05, 0) is 43.7 Å². The molecule has 0 aromatic heterocycles. The molecule has 0 amide bonds. The van der Waals surface area contributed by atoms with Gasteiger partial charge in [0.05, 0.1) is 11.6 Å². The SMILES string of the molecule is CC(O)(C1CCCCC1)C1Cc2ccccc2N1. The molecule has 1 aliphatic carbocycles. The zero-order valence-corrected chi connectivity index (χ0v) is 11.2. The maximum Gasteiger partial charge on any atom is 0.0850 e. The molecular formula is C16H23NO. The highest BCUT2D eigenvalue weighted by Gasteiger charge is 2.42. The minimum absolute atomic E-state index is 0.179. The number of aliphatic hydroxyl groups is 1. The molecule has 0 radical (unpaired) electrons. The number of nitrogens with one attached hydrogen (secondary N) is 1. The van der Waals surface area contributed by atoms with Gasteiger partial charge in [0.2, 0.25) is 0 Å². The van der Waals surface area contributed by atoms with Crippen LogP contribution in [0, 0.1) is 5.92 Å². The van der Waals surface area contributed by atoms with Crippen LogP contribution in [0.2, 0.25) is 0 Å². The van der Waals surface area contributed by atoms with E-state index in [0.29, 0.717) is 5.92 Å². The third-order valence-corrected chi connectivity index (χ3v) is 4.91. The van der Waals surface area contributed by atoms with Crippen molar-refractivity contribution < 1.29 is 5.11 Å². The molecule has 0 saturated heterocycles. The van der Waals surface area contributed by atoms with Gasteiger partial charge in [0.25, 0.3) is 0 Å². The summed E-state index contributed by atoms with van der Waals surface area (Å²) in [5, 5.41) is 14.5. The van der Waals surface area contributed by atoms with Crippen molar-refractivity contribution in [3.05, 3.63) is 29.8 Å². The molecule has 1 fully saturated rings. The topological polar surface area (TPSA) is 32.3 Å². The molecule has 1 aliphatic heterocycles. The number of rotatable bonds is 2.